The van der Waals surface area contributed by atoms with Gasteiger partial charge in [-0.1, -0.05) is 36.4 Å². The van der Waals surface area contributed by atoms with Gasteiger partial charge >= 0.3 is 6.03 Å². The lowest BCUT2D eigenvalue weighted by Crippen LogP contribution is -2.40. The molecule has 2 heterocycles. The van der Waals surface area contributed by atoms with E-state index in [0.717, 1.165) is 40.8 Å². The number of para-hydroxylation sites is 1. The van der Waals surface area contributed by atoms with E-state index in [9.17, 15) is 13.2 Å². The van der Waals surface area contributed by atoms with Crippen LogP contribution in [-0.2, 0) is 10.0 Å². The van der Waals surface area contributed by atoms with Gasteiger partial charge in [-0.3, -0.25) is 9.88 Å². The summed E-state index contributed by atoms with van der Waals surface area (Å²) in [5, 5.41) is 6.72. The molecule has 2 N–H and O–H groups in total. The fraction of sp³-hybridized carbons (Fsp3) is 0.360. The number of carbonyl (C=O) groups is 1. The van der Waals surface area contributed by atoms with Crippen molar-refractivity contribution in [2.45, 2.75) is 31.2 Å². The molecule has 0 bridgehead atoms. The van der Waals surface area contributed by atoms with Gasteiger partial charge in [0.2, 0.25) is 10.0 Å². The summed E-state index contributed by atoms with van der Waals surface area (Å²) >= 11 is 0. The number of urea groups is 1. The lowest BCUT2D eigenvalue weighted by Gasteiger charge is -2.25. The van der Waals surface area contributed by atoms with Crippen molar-refractivity contribution in [3.8, 4) is 0 Å². The Balaban J connectivity index is 1.29. The Labute approximate surface area is 201 Å². The summed E-state index contributed by atoms with van der Waals surface area (Å²) < 4.78 is 27.6. The zero-order valence-electron chi connectivity index (χ0n) is 19.8. The molecule has 34 heavy (non-hydrogen) atoms. The predicted molar refractivity (Wildman–Crippen MR) is 134 cm³/mol. The standard InChI is InChI=1S/C25H31N5O3S/c1-18-8-4-7-11-24(18)34(32,33)29(3)20-12-14-30(17-20)15-13-26-25(31)28-23-16-19(2)27-22-10-6-5-9-21(22)23/h4-11,16,20H,12-15,17H2,1-3H3,(H2,26,27,28,31). The summed E-state index contributed by atoms with van der Waals surface area (Å²) in [4.78, 5) is 19.5. The van der Waals surface area contributed by atoms with E-state index in [2.05, 4.69) is 20.5 Å². The lowest BCUT2D eigenvalue weighted by atomic mass is 10.1. The molecule has 1 aliphatic rings. The minimum Gasteiger partial charge on any atom is -0.337 e. The van der Waals surface area contributed by atoms with E-state index in [1.165, 1.54) is 4.31 Å². The Morgan fingerprint density at radius 1 is 1.15 bits per heavy atom. The van der Waals surface area contributed by atoms with Crippen LogP contribution in [0.3, 0.4) is 0 Å². The molecule has 3 aromatic rings. The van der Waals surface area contributed by atoms with Gasteiger partial charge in [0, 0.05) is 43.8 Å². The van der Waals surface area contributed by atoms with Gasteiger partial charge in [-0.15, -0.1) is 0 Å². The molecular formula is C25H31N5O3S. The van der Waals surface area contributed by atoms with Gasteiger partial charge in [0.15, 0.2) is 0 Å². The second-order valence-corrected chi connectivity index (χ2v) is 10.7. The number of amides is 2. The molecule has 4 rings (SSSR count). The third-order valence-corrected chi connectivity index (χ3v) is 8.39. The van der Waals surface area contributed by atoms with Crippen LogP contribution in [0.5, 0.6) is 0 Å². The number of nitrogens with one attached hydrogen (secondary N) is 2. The largest absolute Gasteiger partial charge is 0.337 e. The highest BCUT2D eigenvalue weighted by atomic mass is 32.2. The highest BCUT2D eigenvalue weighted by Crippen LogP contribution is 2.24. The quantitative estimate of drug-likeness (QED) is 0.540. The first-order valence-corrected chi connectivity index (χ1v) is 12.9. The zero-order chi connectivity index (χ0) is 24.3. The fourth-order valence-corrected chi connectivity index (χ4v) is 6.01. The number of pyridine rings is 1. The molecule has 9 heteroatoms. The molecule has 1 aromatic heterocycles. The van der Waals surface area contributed by atoms with Crippen LogP contribution in [0.1, 0.15) is 17.7 Å². The molecule has 1 saturated heterocycles. The number of hydrogen-bond donors (Lipinski definition) is 2. The summed E-state index contributed by atoms with van der Waals surface area (Å²) in [6, 6.07) is 16.3. The van der Waals surface area contributed by atoms with Crippen LogP contribution in [0.15, 0.2) is 59.5 Å². The van der Waals surface area contributed by atoms with Gasteiger partial charge in [-0.2, -0.15) is 4.31 Å². The smallest absolute Gasteiger partial charge is 0.319 e. The molecule has 0 spiro atoms. The number of sulfonamides is 1. The maximum atomic E-state index is 13.1. The maximum Gasteiger partial charge on any atom is 0.319 e. The van der Waals surface area contributed by atoms with Crippen molar-refractivity contribution in [3.63, 3.8) is 0 Å². The van der Waals surface area contributed by atoms with Crippen LogP contribution in [0.2, 0.25) is 0 Å². The molecule has 8 nitrogen and oxygen atoms in total. The molecule has 2 amide bonds. The van der Waals surface area contributed by atoms with E-state index in [4.69, 9.17) is 0 Å². The number of likely N-dealkylation sites (tertiary alicyclic amines) is 1. The number of fused-ring (bicyclic) bond motifs is 1. The molecule has 0 radical (unpaired) electrons. The molecule has 180 valence electrons. The molecule has 0 saturated carbocycles. The number of aromatic nitrogens is 1. The van der Waals surface area contributed by atoms with Gasteiger partial charge in [0.1, 0.15) is 0 Å². The van der Waals surface area contributed by atoms with Gasteiger partial charge < -0.3 is 10.6 Å². The topological polar surface area (TPSA) is 94.6 Å². The summed E-state index contributed by atoms with van der Waals surface area (Å²) in [5.74, 6) is 0. The second kappa shape index (κ2) is 10.1. The van der Waals surface area contributed by atoms with Gasteiger partial charge in [0.25, 0.3) is 0 Å². The van der Waals surface area contributed by atoms with E-state index >= 15 is 0 Å². The van der Waals surface area contributed by atoms with Crippen molar-refractivity contribution in [1.82, 2.24) is 19.5 Å². The van der Waals surface area contributed by atoms with Gasteiger partial charge in [-0.05, 0) is 50.6 Å². The lowest BCUT2D eigenvalue weighted by molar-refractivity contribution is 0.248. The summed E-state index contributed by atoms with van der Waals surface area (Å²) in [6.45, 7) is 6.26. The Hall–Kier alpha value is -3.01. The third kappa shape index (κ3) is 5.22. The molecule has 1 aliphatic heterocycles. The summed E-state index contributed by atoms with van der Waals surface area (Å²) in [7, 11) is -1.89. The first kappa shape index (κ1) is 24.1. The molecule has 1 atom stereocenters. The Bertz CT molecular complexity index is 1290. The number of hydrogen-bond acceptors (Lipinski definition) is 5. The first-order valence-electron chi connectivity index (χ1n) is 11.4. The predicted octanol–water partition coefficient (Wildman–Crippen LogP) is 3.37. The number of rotatable bonds is 7. The Kier molecular flexibility index (Phi) is 7.16. The fourth-order valence-electron chi connectivity index (χ4n) is 4.41. The van der Waals surface area contributed by atoms with Crippen molar-refractivity contribution in [1.29, 1.82) is 0 Å². The van der Waals surface area contributed by atoms with Gasteiger partial charge in [0.05, 0.1) is 16.1 Å². The summed E-state index contributed by atoms with van der Waals surface area (Å²) in [5.41, 5.74) is 3.15. The first-order chi connectivity index (χ1) is 16.3. The van der Waals surface area contributed by atoms with E-state index in [0.29, 0.717) is 24.5 Å². The molecule has 1 fully saturated rings. The number of nitrogens with zero attached hydrogens (tertiary/aromatic N) is 3. The molecule has 2 aromatic carbocycles. The zero-order valence-corrected chi connectivity index (χ0v) is 20.6. The molecule has 0 aliphatic carbocycles. The monoisotopic (exact) mass is 481 g/mol. The van der Waals surface area contributed by atoms with Crippen LogP contribution >= 0.6 is 0 Å². The average molecular weight is 482 g/mol. The number of carbonyl (C=O) groups excluding carboxylic acids is 1. The maximum absolute atomic E-state index is 13.1. The number of likely N-dealkylation sites (N-methyl/N-ethyl adjacent to an activating group) is 1. The molecule has 1 unspecified atom stereocenters. The highest BCUT2D eigenvalue weighted by Gasteiger charge is 2.33. The number of aryl methyl sites for hydroxylation is 2. The van der Waals surface area contributed by atoms with Crippen molar-refractivity contribution in [2.24, 2.45) is 0 Å². The number of benzene rings is 2. The SMILES string of the molecule is Cc1cc(NC(=O)NCCN2CCC(N(C)S(=O)(=O)c3ccccc3C)C2)c2ccccc2n1. The normalized spacial score (nSPS) is 16.8. The minimum atomic E-state index is -3.54. The number of anilines is 1. The van der Waals surface area contributed by atoms with E-state index < -0.39 is 10.0 Å². The van der Waals surface area contributed by atoms with Crippen molar-refractivity contribution in [3.05, 3.63) is 65.9 Å². The van der Waals surface area contributed by atoms with Crippen LogP contribution in [0.4, 0.5) is 10.5 Å². The highest BCUT2D eigenvalue weighted by molar-refractivity contribution is 7.89. The van der Waals surface area contributed by atoms with Crippen LogP contribution in [0.25, 0.3) is 10.9 Å². The minimum absolute atomic E-state index is 0.0930. The van der Waals surface area contributed by atoms with Gasteiger partial charge in [-0.25, -0.2) is 13.2 Å². The van der Waals surface area contributed by atoms with Crippen molar-refractivity contribution in [2.75, 3.05) is 38.5 Å². The van der Waals surface area contributed by atoms with E-state index in [1.54, 1.807) is 19.2 Å². The Morgan fingerprint density at radius 3 is 2.68 bits per heavy atom. The average Bonchev–Trinajstić information content (AvgIpc) is 3.27. The van der Waals surface area contributed by atoms with Crippen molar-refractivity contribution >= 4 is 32.6 Å². The van der Waals surface area contributed by atoms with E-state index in [1.807, 2.05) is 56.3 Å². The van der Waals surface area contributed by atoms with Crippen molar-refractivity contribution < 1.29 is 13.2 Å². The Morgan fingerprint density at radius 2 is 1.88 bits per heavy atom. The van der Waals surface area contributed by atoms with Crippen LogP contribution in [0, 0.1) is 13.8 Å². The second-order valence-electron chi connectivity index (χ2n) is 8.74. The van der Waals surface area contributed by atoms with Crippen LogP contribution < -0.4 is 10.6 Å². The summed E-state index contributed by atoms with van der Waals surface area (Å²) in [6.07, 6.45) is 0.760. The molecular weight excluding hydrogens is 450 g/mol. The third-order valence-electron chi connectivity index (χ3n) is 6.32. The van der Waals surface area contributed by atoms with E-state index in [-0.39, 0.29) is 12.1 Å². The van der Waals surface area contributed by atoms with Crippen LogP contribution in [-0.4, -0.2) is 67.9 Å².